The van der Waals surface area contributed by atoms with Crippen molar-refractivity contribution in [2.75, 3.05) is 6.54 Å². The topological polar surface area (TPSA) is 12.0 Å². The van der Waals surface area contributed by atoms with Crippen LogP contribution in [0.5, 0.6) is 0 Å². The average Bonchev–Trinajstić information content (AvgIpc) is 2.23. The zero-order chi connectivity index (χ0) is 9.80. The van der Waals surface area contributed by atoms with Crippen molar-refractivity contribution in [1.82, 2.24) is 5.32 Å². The van der Waals surface area contributed by atoms with Gasteiger partial charge in [-0.3, -0.25) is 0 Å². The van der Waals surface area contributed by atoms with E-state index >= 15 is 0 Å². The Labute approximate surface area is 83.6 Å². The number of allylic oxidation sites excluding steroid dienone is 1. The molecule has 2 rings (SSSR count). The highest BCUT2D eigenvalue weighted by molar-refractivity contribution is 5.53. The van der Waals surface area contributed by atoms with Gasteiger partial charge in [0.15, 0.2) is 0 Å². The predicted molar refractivity (Wildman–Crippen MR) is 56.2 cm³/mol. The van der Waals surface area contributed by atoms with Gasteiger partial charge in [-0.2, -0.15) is 0 Å². The molecule has 1 N–H and O–H groups in total. The van der Waals surface area contributed by atoms with Gasteiger partial charge in [-0.05, 0) is 31.4 Å². The van der Waals surface area contributed by atoms with Crippen LogP contribution in [0.4, 0.5) is 4.39 Å². The van der Waals surface area contributed by atoms with Crippen LogP contribution in [-0.2, 0) is 0 Å². The third-order valence-electron chi connectivity index (χ3n) is 2.46. The zero-order valence-corrected chi connectivity index (χ0v) is 8.09. The first kappa shape index (κ1) is 9.25. The number of hydrogen-bond acceptors (Lipinski definition) is 1. The Balaban J connectivity index is 2.19. The van der Waals surface area contributed by atoms with Crippen LogP contribution in [0.15, 0.2) is 30.0 Å². The fraction of sp³-hybridized carbons (Fsp3) is 0.333. The van der Waals surface area contributed by atoms with Gasteiger partial charge in [0.1, 0.15) is 5.82 Å². The zero-order valence-electron chi connectivity index (χ0n) is 8.09. The predicted octanol–water partition coefficient (Wildman–Crippen LogP) is 2.94. The molecule has 1 heterocycles. The Hall–Kier alpha value is -1.31. The third-order valence-corrected chi connectivity index (χ3v) is 2.46. The molecule has 0 saturated carbocycles. The van der Waals surface area contributed by atoms with E-state index in [0.29, 0.717) is 5.56 Å². The molecule has 1 aromatic carbocycles. The number of halogens is 1. The van der Waals surface area contributed by atoms with Gasteiger partial charge in [0.25, 0.3) is 0 Å². The summed E-state index contributed by atoms with van der Waals surface area (Å²) in [5, 5.41) is 3.29. The second-order valence-corrected chi connectivity index (χ2v) is 3.57. The summed E-state index contributed by atoms with van der Waals surface area (Å²) in [6, 6.07) is 6.87. The van der Waals surface area contributed by atoms with E-state index < -0.39 is 0 Å². The maximum Gasteiger partial charge on any atom is 0.130 e. The SMILES string of the molecule is Fc1ccccc1C=C1CCCCN1. The molecule has 1 fully saturated rings. The van der Waals surface area contributed by atoms with Crippen LogP contribution in [0, 0.1) is 5.82 Å². The molecular weight excluding hydrogens is 177 g/mol. The number of piperidine rings is 1. The van der Waals surface area contributed by atoms with Gasteiger partial charge >= 0.3 is 0 Å². The second kappa shape index (κ2) is 4.27. The van der Waals surface area contributed by atoms with E-state index in [2.05, 4.69) is 5.32 Å². The molecule has 74 valence electrons. The highest BCUT2D eigenvalue weighted by Gasteiger charge is 2.05. The van der Waals surface area contributed by atoms with Crippen LogP contribution in [0.2, 0.25) is 0 Å². The Bertz CT molecular complexity index is 336. The molecule has 0 amide bonds. The van der Waals surface area contributed by atoms with Crippen molar-refractivity contribution >= 4 is 6.08 Å². The first-order valence-corrected chi connectivity index (χ1v) is 5.05. The van der Waals surface area contributed by atoms with Gasteiger partial charge in [-0.25, -0.2) is 4.39 Å². The van der Waals surface area contributed by atoms with E-state index in [-0.39, 0.29) is 5.82 Å². The van der Waals surface area contributed by atoms with Gasteiger partial charge < -0.3 is 5.32 Å². The molecule has 0 spiro atoms. The molecule has 2 heteroatoms. The number of hydrogen-bond donors (Lipinski definition) is 1. The molecule has 0 radical (unpaired) electrons. The standard InChI is InChI=1S/C12H14FN/c13-12-7-2-1-5-10(12)9-11-6-3-4-8-14-11/h1-2,5,7,9,14H,3-4,6,8H2. The monoisotopic (exact) mass is 191 g/mol. The van der Waals surface area contributed by atoms with Crippen LogP contribution < -0.4 is 5.32 Å². The number of nitrogens with one attached hydrogen (secondary N) is 1. The quantitative estimate of drug-likeness (QED) is 0.719. The first-order valence-electron chi connectivity index (χ1n) is 5.05. The highest BCUT2D eigenvalue weighted by Crippen LogP contribution is 2.16. The minimum Gasteiger partial charge on any atom is -0.388 e. The van der Waals surface area contributed by atoms with Gasteiger partial charge in [0, 0.05) is 17.8 Å². The maximum absolute atomic E-state index is 13.3. The minimum absolute atomic E-state index is 0.146. The lowest BCUT2D eigenvalue weighted by Crippen LogP contribution is -2.19. The van der Waals surface area contributed by atoms with E-state index in [0.717, 1.165) is 18.7 Å². The Morgan fingerprint density at radius 1 is 1.21 bits per heavy atom. The molecular formula is C12H14FN. The van der Waals surface area contributed by atoms with Crippen molar-refractivity contribution in [3.63, 3.8) is 0 Å². The lowest BCUT2D eigenvalue weighted by Gasteiger charge is -2.16. The Morgan fingerprint density at radius 2 is 2.07 bits per heavy atom. The summed E-state index contributed by atoms with van der Waals surface area (Å²) in [5.41, 5.74) is 1.83. The number of benzene rings is 1. The van der Waals surface area contributed by atoms with Gasteiger partial charge in [0.2, 0.25) is 0 Å². The summed E-state index contributed by atoms with van der Waals surface area (Å²) >= 11 is 0. The smallest absolute Gasteiger partial charge is 0.130 e. The van der Waals surface area contributed by atoms with Gasteiger partial charge in [-0.1, -0.05) is 18.2 Å². The summed E-state index contributed by atoms with van der Waals surface area (Å²) in [5.74, 6) is -0.146. The molecule has 0 aliphatic carbocycles. The molecule has 1 nitrogen and oxygen atoms in total. The van der Waals surface area contributed by atoms with E-state index in [4.69, 9.17) is 0 Å². The van der Waals surface area contributed by atoms with Crippen molar-refractivity contribution < 1.29 is 4.39 Å². The fourth-order valence-corrected chi connectivity index (χ4v) is 1.68. The lowest BCUT2D eigenvalue weighted by atomic mass is 10.1. The molecule has 0 aromatic heterocycles. The summed E-state index contributed by atoms with van der Waals surface area (Å²) in [6.45, 7) is 1.01. The molecule has 0 atom stereocenters. The van der Waals surface area contributed by atoms with Gasteiger partial charge in [0.05, 0.1) is 0 Å². The second-order valence-electron chi connectivity index (χ2n) is 3.57. The molecule has 1 aliphatic rings. The normalized spacial score (nSPS) is 19.4. The molecule has 0 unspecified atom stereocenters. The van der Waals surface area contributed by atoms with Crippen LogP contribution >= 0.6 is 0 Å². The van der Waals surface area contributed by atoms with E-state index in [1.54, 1.807) is 12.1 Å². The van der Waals surface area contributed by atoms with Crippen molar-refractivity contribution in [3.05, 3.63) is 41.3 Å². The van der Waals surface area contributed by atoms with Crippen molar-refractivity contribution in [2.24, 2.45) is 0 Å². The summed E-state index contributed by atoms with van der Waals surface area (Å²) in [4.78, 5) is 0. The summed E-state index contributed by atoms with van der Waals surface area (Å²) in [6.07, 6.45) is 5.37. The average molecular weight is 191 g/mol. The minimum atomic E-state index is -0.146. The number of rotatable bonds is 1. The summed E-state index contributed by atoms with van der Waals surface area (Å²) in [7, 11) is 0. The van der Waals surface area contributed by atoms with Gasteiger partial charge in [-0.15, -0.1) is 0 Å². The largest absolute Gasteiger partial charge is 0.388 e. The van der Waals surface area contributed by atoms with E-state index in [1.807, 2.05) is 12.1 Å². The van der Waals surface area contributed by atoms with Crippen LogP contribution in [-0.4, -0.2) is 6.54 Å². The first-order chi connectivity index (χ1) is 6.86. The molecule has 1 saturated heterocycles. The lowest BCUT2D eigenvalue weighted by molar-refractivity contribution is 0.590. The summed E-state index contributed by atoms with van der Waals surface area (Å²) < 4.78 is 13.3. The van der Waals surface area contributed by atoms with Crippen molar-refractivity contribution in [3.8, 4) is 0 Å². The molecule has 1 aliphatic heterocycles. The maximum atomic E-state index is 13.3. The van der Waals surface area contributed by atoms with E-state index in [9.17, 15) is 4.39 Å². The van der Waals surface area contributed by atoms with Crippen molar-refractivity contribution in [2.45, 2.75) is 19.3 Å². The molecule has 14 heavy (non-hydrogen) atoms. The Morgan fingerprint density at radius 3 is 2.79 bits per heavy atom. The van der Waals surface area contributed by atoms with Crippen LogP contribution in [0.1, 0.15) is 24.8 Å². The third kappa shape index (κ3) is 2.13. The van der Waals surface area contributed by atoms with Crippen molar-refractivity contribution in [1.29, 1.82) is 0 Å². The molecule has 1 aromatic rings. The highest BCUT2D eigenvalue weighted by atomic mass is 19.1. The van der Waals surface area contributed by atoms with Crippen LogP contribution in [0.3, 0.4) is 0 Å². The molecule has 0 bridgehead atoms. The Kier molecular flexibility index (Phi) is 2.82. The van der Waals surface area contributed by atoms with Crippen LogP contribution in [0.25, 0.3) is 6.08 Å². The van der Waals surface area contributed by atoms with E-state index in [1.165, 1.54) is 18.9 Å². The fourth-order valence-electron chi connectivity index (χ4n) is 1.68.